The molecule has 8 atom stereocenters. The SMILES string of the molecule is CC(O)C[C@H]([C@H]1C[C@H](O[Si](c2ccccc2)(c2ccccc2)C(C)(C)C)C[C@@H]([C@H](C)CO[Si](C)(C)C(C)(C)C)[C@H]1CO)[C@H](CO[Si](C)(C)C(C)(C)C)C(C)C. The number of rotatable bonds is 17. The van der Waals surface area contributed by atoms with E-state index in [0.717, 1.165) is 12.8 Å². The fourth-order valence-electron chi connectivity index (χ4n) is 8.90. The highest BCUT2D eigenvalue weighted by Crippen LogP contribution is 2.50. The molecule has 0 aromatic heterocycles. The summed E-state index contributed by atoms with van der Waals surface area (Å²) in [4.78, 5) is 0. The van der Waals surface area contributed by atoms with Gasteiger partial charge in [-0.2, -0.15) is 0 Å². The van der Waals surface area contributed by atoms with Crippen LogP contribution < -0.4 is 10.4 Å². The van der Waals surface area contributed by atoms with E-state index in [1.807, 2.05) is 6.92 Å². The van der Waals surface area contributed by atoms with Crippen molar-refractivity contribution in [3.63, 3.8) is 0 Å². The Morgan fingerprint density at radius 3 is 1.47 bits per heavy atom. The summed E-state index contributed by atoms with van der Waals surface area (Å²) >= 11 is 0. The second kappa shape index (κ2) is 18.9. The van der Waals surface area contributed by atoms with Crippen molar-refractivity contribution in [2.75, 3.05) is 19.8 Å². The molecule has 1 aliphatic rings. The molecule has 5 nitrogen and oxygen atoms in total. The Labute approximate surface area is 342 Å². The third-order valence-electron chi connectivity index (χ3n) is 14.4. The normalized spacial score (nSPS) is 23.1. The number of hydrogen-bond acceptors (Lipinski definition) is 5. The minimum atomic E-state index is -2.87. The highest BCUT2D eigenvalue weighted by molar-refractivity contribution is 6.99. The Bertz CT molecular complexity index is 1380. The van der Waals surface area contributed by atoms with Crippen molar-refractivity contribution < 1.29 is 23.5 Å². The summed E-state index contributed by atoms with van der Waals surface area (Å²) < 4.78 is 22.0. The Kier molecular flexibility index (Phi) is 16.6. The van der Waals surface area contributed by atoms with E-state index in [0.29, 0.717) is 25.6 Å². The van der Waals surface area contributed by atoms with Gasteiger partial charge in [-0.1, -0.05) is 144 Å². The van der Waals surface area contributed by atoms with Crippen LogP contribution in [0.15, 0.2) is 60.7 Å². The lowest BCUT2D eigenvalue weighted by Crippen LogP contribution is -2.68. The van der Waals surface area contributed by atoms with Gasteiger partial charge in [-0.3, -0.25) is 0 Å². The van der Waals surface area contributed by atoms with Gasteiger partial charge >= 0.3 is 0 Å². The smallest absolute Gasteiger partial charge is 0.261 e. The third-order valence-corrected chi connectivity index (χ3v) is 28.5. The lowest BCUT2D eigenvalue weighted by atomic mass is 9.59. The van der Waals surface area contributed by atoms with Crippen LogP contribution in [0, 0.1) is 41.4 Å². The molecule has 1 saturated carbocycles. The molecule has 0 aliphatic heterocycles. The summed E-state index contributed by atoms with van der Waals surface area (Å²) in [5.74, 6) is 1.37. The van der Waals surface area contributed by atoms with Crippen molar-refractivity contribution in [2.24, 2.45) is 41.4 Å². The average molecular weight is 813 g/mol. The van der Waals surface area contributed by atoms with Gasteiger partial charge in [0.05, 0.1) is 6.10 Å². The van der Waals surface area contributed by atoms with Crippen LogP contribution in [0.5, 0.6) is 0 Å². The molecule has 0 radical (unpaired) electrons. The van der Waals surface area contributed by atoms with Crippen molar-refractivity contribution in [1.29, 1.82) is 0 Å². The Hall–Kier alpha value is -1.11. The van der Waals surface area contributed by atoms with Crippen molar-refractivity contribution in [3.05, 3.63) is 60.7 Å². The molecule has 3 rings (SSSR count). The molecule has 8 heteroatoms. The maximum atomic E-state index is 11.6. The summed E-state index contributed by atoms with van der Waals surface area (Å²) in [7, 11) is -6.91. The fraction of sp³-hybridized carbons (Fsp3) is 0.745. The Morgan fingerprint density at radius 1 is 0.655 bits per heavy atom. The first kappa shape index (κ1) is 48.3. The topological polar surface area (TPSA) is 68.2 Å². The van der Waals surface area contributed by atoms with Gasteiger partial charge in [-0.25, -0.2) is 0 Å². The maximum Gasteiger partial charge on any atom is 0.261 e. The average Bonchev–Trinajstić information content (AvgIpc) is 3.07. The van der Waals surface area contributed by atoms with Crippen molar-refractivity contribution in [2.45, 2.75) is 163 Å². The van der Waals surface area contributed by atoms with Crippen LogP contribution in [0.3, 0.4) is 0 Å². The molecule has 0 spiro atoms. The van der Waals surface area contributed by atoms with Crippen molar-refractivity contribution >= 4 is 35.3 Å². The van der Waals surface area contributed by atoms with Crippen molar-refractivity contribution in [3.8, 4) is 0 Å². The molecular weight excluding hydrogens is 729 g/mol. The van der Waals surface area contributed by atoms with Crippen molar-refractivity contribution in [1.82, 2.24) is 0 Å². The van der Waals surface area contributed by atoms with Gasteiger partial charge in [0.2, 0.25) is 0 Å². The van der Waals surface area contributed by atoms with E-state index in [1.165, 1.54) is 10.4 Å². The van der Waals surface area contributed by atoms with Crippen LogP contribution in [-0.2, 0) is 13.3 Å². The molecule has 2 N–H and O–H groups in total. The van der Waals surface area contributed by atoms with Crippen LogP contribution in [0.1, 0.15) is 109 Å². The zero-order valence-electron chi connectivity index (χ0n) is 38.3. The molecular formula is C47H84O5Si3. The Balaban J connectivity index is 2.24. The minimum absolute atomic E-state index is 0.0231. The summed E-state index contributed by atoms with van der Waals surface area (Å²) in [6, 6.07) is 22.0. The zero-order chi connectivity index (χ0) is 41.8. The van der Waals surface area contributed by atoms with Crippen LogP contribution in [0.25, 0.3) is 0 Å². The van der Waals surface area contributed by atoms with E-state index in [2.05, 4.69) is 170 Å². The predicted molar refractivity (Wildman–Crippen MR) is 243 cm³/mol. The molecule has 0 saturated heterocycles. The maximum absolute atomic E-state index is 11.6. The fourth-order valence-corrected chi connectivity index (χ4v) is 15.8. The monoisotopic (exact) mass is 813 g/mol. The van der Waals surface area contributed by atoms with Gasteiger partial charge in [-0.05, 0) is 119 Å². The largest absolute Gasteiger partial charge is 0.417 e. The molecule has 2 aromatic carbocycles. The Morgan fingerprint density at radius 2 is 1.09 bits per heavy atom. The molecule has 0 heterocycles. The van der Waals surface area contributed by atoms with Gasteiger partial charge in [0, 0.05) is 25.9 Å². The van der Waals surface area contributed by atoms with E-state index in [9.17, 15) is 10.2 Å². The van der Waals surface area contributed by atoms with Gasteiger partial charge in [0.1, 0.15) is 0 Å². The standard InChI is InChI=1S/C47H84O5Si3/c1-34(2)44(33-51-54(16,17)46(8,9)10)41(28-36(4)49)42-30-37(29-40(43(42)31-48)35(3)32-50-53(14,15)45(5,6)7)52-55(47(11,12)13,38-24-20-18-21-25-38)39-26-22-19-23-27-39/h18-27,34-37,40-44,48-49H,28-33H2,1-17H3/t35-,36?,37-,40+,41-,42-,43-,44-/m1/s1. The predicted octanol–water partition coefficient (Wildman–Crippen LogP) is 10.9. The quantitative estimate of drug-likeness (QED) is 0.156. The molecule has 55 heavy (non-hydrogen) atoms. The minimum Gasteiger partial charge on any atom is -0.417 e. The first-order valence-corrected chi connectivity index (χ1v) is 29.3. The highest BCUT2D eigenvalue weighted by Gasteiger charge is 2.54. The lowest BCUT2D eigenvalue weighted by molar-refractivity contribution is -0.0661. The summed E-state index contributed by atoms with van der Waals surface area (Å²) in [6.45, 7) is 40.8. The van der Waals surface area contributed by atoms with Crippen LogP contribution in [0.4, 0.5) is 0 Å². The van der Waals surface area contributed by atoms with Crippen LogP contribution in [-0.4, -0.2) is 67.2 Å². The third kappa shape index (κ3) is 11.6. The van der Waals surface area contributed by atoms with Gasteiger partial charge in [0.15, 0.2) is 16.6 Å². The molecule has 1 fully saturated rings. The molecule has 0 bridgehead atoms. The number of hydrogen-bond donors (Lipinski definition) is 2. The number of aliphatic hydroxyl groups is 2. The second-order valence-electron chi connectivity index (χ2n) is 21.8. The van der Waals surface area contributed by atoms with Gasteiger partial charge in [-0.15, -0.1) is 0 Å². The number of benzene rings is 2. The van der Waals surface area contributed by atoms with E-state index >= 15 is 0 Å². The van der Waals surface area contributed by atoms with Crippen LogP contribution >= 0.6 is 0 Å². The first-order chi connectivity index (χ1) is 25.2. The van der Waals surface area contributed by atoms with E-state index in [4.69, 9.17) is 13.3 Å². The molecule has 1 unspecified atom stereocenters. The molecule has 0 amide bonds. The highest BCUT2D eigenvalue weighted by atomic mass is 28.4. The molecule has 314 valence electrons. The van der Waals surface area contributed by atoms with Gasteiger partial charge in [0.25, 0.3) is 8.32 Å². The van der Waals surface area contributed by atoms with Crippen LogP contribution in [0.2, 0.25) is 41.3 Å². The second-order valence-corrected chi connectivity index (χ2v) is 35.7. The summed E-state index contributed by atoms with van der Waals surface area (Å²) in [5.41, 5.74) is 0. The van der Waals surface area contributed by atoms with Gasteiger partial charge < -0.3 is 23.5 Å². The summed E-state index contributed by atoms with van der Waals surface area (Å²) in [6.07, 6.45) is 1.92. The molecule has 1 aliphatic carbocycles. The molecule has 2 aromatic rings. The van der Waals surface area contributed by atoms with E-state index in [-0.39, 0.29) is 63.3 Å². The lowest BCUT2D eigenvalue weighted by Gasteiger charge is -2.53. The van der Waals surface area contributed by atoms with E-state index < -0.39 is 31.1 Å². The first-order valence-electron chi connectivity index (χ1n) is 21.6. The summed E-state index contributed by atoms with van der Waals surface area (Å²) in [5, 5.41) is 25.5. The van der Waals surface area contributed by atoms with E-state index in [1.54, 1.807) is 0 Å². The zero-order valence-corrected chi connectivity index (χ0v) is 41.3. The number of aliphatic hydroxyl groups excluding tert-OH is 2.